The molecule has 1 unspecified atom stereocenters. The third-order valence-electron chi connectivity index (χ3n) is 4.68. The molecule has 0 N–H and O–H groups in total. The van der Waals surface area contributed by atoms with E-state index >= 15 is 0 Å². The van der Waals surface area contributed by atoms with Crippen molar-refractivity contribution < 1.29 is 9.53 Å². The van der Waals surface area contributed by atoms with Gasteiger partial charge in [-0.25, -0.2) is 4.98 Å². The fourth-order valence-electron chi connectivity index (χ4n) is 3.39. The van der Waals surface area contributed by atoms with Gasteiger partial charge in [-0.1, -0.05) is 37.3 Å². The van der Waals surface area contributed by atoms with E-state index in [1.807, 2.05) is 28.8 Å². The number of ether oxygens (including phenoxy) is 1. The van der Waals surface area contributed by atoms with Crippen LogP contribution in [0, 0.1) is 5.92 Å². The number of carbonyl (C=O) groups is 1. The molecule has 1 atom stereocenters. The Bertz CT molecular complexity index is 915. The van der Waals surface area contributed by atoms with Crippen LogP contribution in [0.4, 0.5) is 0 Å². The van der Waals surface area contributed by atoms with Crippen molar-refractivity contribution in [3.63, 3.8) is 0 Å². The predicted octanol–water partition coefficient (Wildman–Crippen LogP) is 3.09. The molecule has 2 heterocycles. The summed E-state index contributed by atoms with van der Waals surface area (Å²) in [5.74, 6) is 1.67. The summed E-state index contributed by atoms with van der Waals surface area (Å²) in [6, 6.07) is 9.21. The number of aromatic nitrogens is 3. The number of methoxy groups -OCH3 is 1. The monoisotopic (exact) mass is 321 g/mol. The lowest BCUT2D eigenvalue weighted by Crippen LogP contribution is -2.17. The highest BCUT2D eigenvalue weighted by molar-refractivity contribution is 6.07. The summed E-state index contributed by atoms with van der Waals surface area (Å²) >= 11 is 0. The topological polar surface area (TPSA) is 56.5 Å². The number of hydrogen-bond donors (Lipinski definition) is 0. The zero-order chi connectivity index (χ0) is 16.7. The first kappa shape index (κ1) is 14.9. The Morgan fingerprint density at radius 3 is 2.79 bits per heavy atom. The maximum absolute atomic E-state index is 12.7. The molecule has 1 aliphatic carbocycles. The fraction of sp³-hybridized carbons (Fsp3) is 0.316. The van der Waals surface area contributed by atoms with Crippen molar-refractivity contribution in [2.24, 2.45) is 5.92 Å². The third-order valence-corrected chi connectivity index (χ3v) is 4.68. The smallest absolute Gasteiger partial charge is 0.238 e. The minimum absolute atomic E-state index is 0.0855. The fourth-order valence-corrected chi connectivity index (χ4v) is 3.39. The van der Waals surface area contributed by atoms with Crippen molar-refractivity contribution in [2.75, 3.05) is 7.11 Å². The van der Waals surface area contributed by atoms with Gasteiger partial charge in [0.15, 0.2) is 0 Å². The molecular formula is C19H19N3O2. The van der Waals surface area contributed by atoms with Crippen molar-refractivity contribution in [3.8, 4) is 5.88 Å². The highest BCUT2D eigenvalue weighted by Crippen LogP contribution is 2.31. The lowest BCUT2D eigenvalue weighted by Gasteiger charge is -2.23. The van der Waals surface area contributed by atoms with Crippen LogP contribution in [0.3, 0.4) is 0 Å². The molecule has 24 heavy (non-hydrogen) atoms. The first-order valence-corrected chi connectivity index (χ1v) is 8.22. The van der Waals surface area contributed by atoms with Crippen LogP contribution < -0.4 is 4.74 Å². The Morgan fingerprint density at radius 2 is 2.04 bits per heavy atom. The molecule has 0 spiro atoms. The Hall–Kier alpha value is -2.69. The van der Waals surface area contributed by atoms with E-state index in [0.29, 0.717) is 28.8 Å². The zero-order valence-corrected chi connectivity index (χ0v) is 13.8. The maximum atomic E-state index is 12.7. The van der Waals surface area contributed by atoms with Gasteiger partial charge in [-0.15, -0.1) is 0 Å². The second kappa shape index (κ2) is 5.74. The predicted molar refractivity (Wildman–Crippen MR) is 90.6 cm³/mol. The molecule has 2 aromatic heterocycles. The van der Waals surface area contributed by atoms with Crippen molar-refractivity contribution in [3.05, 3.63) is 59.0 Å². The van der Waals surface area contributed by atoms with Crippen LogP contribution >= 0.6 is 0 Å². The van der Waals surface area contributed by atoms with Gasteiger partial charge >= 0.3 is 0 Å². The summed E-state index contributed by atoms with van der Waals surface area (Å²) in [6.07, 6.45) is 4.83. The molecule has 0 amide bonds. The van der Waals surface area contributed by atoms with Crippen LogP contribution in [0.2, 0.25) is 0 Å². The molecule has 0 fully saturated rings. The summed E-state index contributed by atoms with van der Waals surface area (Å²) in [4.78, 5) is 21.6. The van der Waals surface area contributed by atoms with E-state index in [0.717, 1.165) is 30.5 Å². The van der Waals surface area contributed by atoms with Crippen LogP contribution in [0.1, 0.15) is 40.7 Å². The highest BCUT2D eigenvalue weighted by atomic mass is 16.5. The summed E-state index contributed by atoms with van der Waals surface area (Å²) in [7, 11) is 1.64. The summed E-state index contributed by atoms with van der Waals surface area (Å²) in [5.41, 5.74) is 3.35. The molecule has 5 nitrogen and oxygen atoms in total. The van der Waals surface area contributed by atoms with Gasteiger partial charge in [-0.3, -0.25) is 9.20 Å². The average Bonchev–Trinajstić information content (AvgIpc) is 3.05. The van der Waals surface area contributed by atoms with Gasteiger partial charge in [0.2, 0.25) is 17.4 Å². The van der Waals surface area contributed by atoms with Gasteiger partial charge in [-0.2, -0.15) is 4.98 Å². The first-order valence-electron chi connectivity index (χ1n) is 8.22. The summed E-state index contributed by atoms with van der Waals surface area (Å²) < 4.78 is 7.42. The van der Waals surface area contributed by atoms with E-state index in [2.05, 4.69) is 16.9 Å². The average molecular weight is 321 g/mol. The molecular weight excluding hydrogens is 302 g/mol. The number of nitrogens with zero attached hydrogens (tertiary/aromatic N) is 3. The van der Waals surface area contributed by atoms with E-state index in [9.17, 15) is 4.79 Å². The van der Waals surface area contributed by atoms with Crippen LogP contribution in [0.5, 0.6) is 5.88 Å². The molecule has 4 rings (SSSR count). The number of hydrogen-bond acceptors (Lipinski definition) is 4. The van der Waals surface area contributed by atoms with Gasteiger partial charge in [0, 0.05) is 23.0 Å². The Labute approximate surface area is 140 Å². The molecule has 0 aliphatic heterocycles. The largest absolute Gasteiger partial charge is 0.481 e. The molecule has 0 bridgehead atoms. The van der Waals surface area contributed by atoms with Crippen molar-refractivity contribution >= 4 is 11.6 Å². The lowest BCUT2D eigenvalue weighted by atomic mass is 9.88. The van der Waals surface area contributed by atoms with Crippen LogP contribution in [-0.2, 0) is 12.8 Å². The molecule has 1 aliphatic rings. The highest BCUT2D eigenvalue weighted by Gasteiger charge is 2.25. The van der Waals surface area contributed by atoms with Gasteiger partial charge < -0.3 is 4.74 Å². The molecule has 1 aromatic carbocycles. The Morgan fingerprint density at radius 1 is 1.25 bits per heavy atom. The minimum atomic E-state index is -0.0855. The quantitative estimate of drug-likeness (QED) is 0.696. The first-order chi connectivity index (χ1) is 11.7. The molecule has 5 heteroatoms. The normalized spacial score (nSPS) is 16.8. The van der Waals surface area contributed by atoms with Crippen molar-refractivity contribution in [1.82, 2.24) is 14.4 Å². The van der Waals surface area contributed by atoms with Crippen LogP contribution in [-0.4, -0.2) is 27.3 Å². The van der Waals surface area contributed by atoms with E-state index in [4.69, 9.17) is 4.74 Å². The Balaban J connectivity index is 1.86. The number of benzene rings is 1. The van der Waals surface area contributed by atoms with Gasteiger partial charge in [0.25, 0.3) is 0 Å². The Kier molecular flexibility index (Phi) is 3.56. The van der Waals surface area contributed by atoms with Gasteiger partial charge in [0.1, 0.15) is 5.69 Å². The minimum Gasteiger partial charge on any atom is -0.481 e. The molecule has 3 aromatic rings. The van der Waals surface area contributed by atoms with Crippen LogP contribution in [0.15, 0.2) is 36.5 Å². The SMILES string of the molecule is COc1nc2nc(C(=O)c3ccccc3)cn2c2c1CCC(C)C2. The van der Waals surface area contributed by atoms with Gasteiger partial charge in [-0.05, 0) is 25.2 Å². The molecule has 122 valence electrons. The molecule has 0 radical (unpaired) electrons. The van der Waals surface area contributed by atoms with Crippen molar-refractivity contribution in [2.45, 2.75) is 26.2 Å². The summed E-state index contributed by atoms with van der Waals surface area (Å²) in [5, 5.41) is 0. The number of imidazole rings is 1. The zero-order valence-electron chi connectivity index (χ0n) is 13.8. The van der Waals surface area contributed by atoms with Gasteiger partial charge in [0.05, 0.1) is 7.11 Å². The number of fused-ring (bicyclic) bond motifs is 3. The number of ketones is 1. The lowest BCUT2D eigenvalue weighted by molar-refractivity contribution is 0.103. The second-order valence-electron chi connectivity index (χ2n) is 6.39. The van der Waals surface area contributed by atoms with E-state index in [1.165, 1.54) is 0 Å². The number of rotatable bonds is 3. The second-order valence-corrected chi connectivity index (χ2v) is 6.39. The van der Waals surface area contributed by atoms with E-state index < -0.39 is 0 Å². The summed E-state index contributed by atoms with van der Waals surface area (Å²) in [6.45, 7) is 2.24. The standard InChI is InChI=1S/C19H19N3O2/c1-12-8-9-14-16(10-12)22-11-15(20-19(22)21-18(14)24-2)17(23)13-6-4-3-5-7-13/h3-7,11-12H,8-10H2,1-2H3. The van der Waals surface area contributed by atoms with E-state index in [1.54, 1.807) is 19.2 Å². The molecule has 0 saturated heterocycles. The van der Waals surface area contributed by atoms with Crippen LogP contribution in [0.25, 0.3) is 5.78 Å². The number of carbonyl (C=O) groups excluding carboxylic acids is 1. The molecule has 0 saturated carbocycles. The third kappa shape index (κ3) is 2.37. The van der Waals surface area contributed by atoms with E-state index in [-0.39, 0.29) is 5.78 Å². The van der Waals surface area contributed by atoms with Crippen molar-refractivity contribution in [1.29, 1.82) is 0 Å². The maximum Gasteiger partial charge on any atom is 0.238 e.